The van der Waals surface area contributed by atoms with E-state index in [1.54, 1.807) is 0 Å². The second-order valence-electron chi connectivity index (χ2n) is 7.59. The van der Waals surface area contributed by atoms with Crippen molar-refractivity contribution >= 4 is 26.0 Å². The van der Waals surface area contributed by atoms with Gasteiger partial charge >= 0.3 is 0 Å². The predicted molar refractivity (Wildman–Crippen MR) is 100 cm³/mol. The van der Waals surface area contributed by atoms with Gasteiger partial charge in [0.25, 0.3) is 0 Å². The average molecular weight is 348 g/mol. The number of hydrogen-bond donors (Lipinski definition) is 0. The molecule has 0 bridgehead atoms. The minimum absolute atomic E-state index is 0.368. The Morgan fingerprint density at radius 1 is 0.905 bits per heavy atom. The van der Waals surface area contributed by atoms with Gasteiger partial charge in [0.15, 0.2) is 0 Å². The van der Waals surface area contributed by atoms with Crippen molar-refractivity contribution in [2.24, 2.45) is 0 Å². The second kappa shape index (κ2) is 8.98. The Bertz CT molecular complexity index is 268. The molecule has 0 amide bonds. The maximum atomic E-state index is 5.81. The van der Waals surface area contributed by atoms with Crippen molar-refractivity contribution in [3.63, 3.8) is 0 Å². The molecule has 0 rings (SSSR count). The molecule has 0 aromatic carbocycles. The SMILES string of the molecule is CCOC(C)(OCC)[Si]CCCN([Si](C)(C)C)[Si](C)(C)C. The Morgan fingerprint density at radius 3 is 1.67 bits per heavy atom. The molecule has 0 aromatic heterocycles. The van der Waals surface area contributed by atoms with E-state index in [0.717, 1.165) is 13.2 Å². The second-order valence-corrected chi connectivity index (χ2v) is 19.6. The van der Waals surface area contributed by atoms with Gasteiger partial charge in [0, 0.05) is 13.2 Å². The monoisotopic (exact) mass is 347 g/mol. The van der Waals surface area contributed by atoms with Crippen LogP contribution in [-0.4, -0.2) is 55.4 Å². The molecule has 0 N–H and O–H groups in total. The quantitative estimate of drug-likeness (QED) is 0.317. The zero-order valence-electron chi connectivity index (χ0n) is 15.8. The van der Waals surface area contributed by atoms with Gasteiger partial charge in [-0.2, -0.15) is 0 Å². The van der Waals surface area contributed by atoms with Crippen LogP contribution >= 0.6 is 0 Å². The molecule has 2 radical (unpaired) electrons. The van der Waals surface area contributed by atoms with Crippen LogP contribution < -0.4 is 0 Å². The van der Waals surface area contributed by atoms with Crippen LogP contribution in [0.3, 0.4) is 0 Å². The van der Waals surface area contributed by atoms with E-state index in [1.165, 1.54) is 19.0 Å². The summed E-state index contributed by atoms with van der Waals surface area (Å²) in [7, 11) is -1.71. The van der Waals surface area contributed by atoms with Gasteiger partial charge < -0.3 is 13.7 Å². The highest BCUT2D eigenvalue weighted by atomic mass is 28.4. The number of ether oxygens (including phenoxy) is 2. The van der Waals surface area contributed by atoms with Gasteiger partial charge in [-0.25, -0.2) is 0 Å². The van der Waals surface area contributed by atoms with Gasteiger partial charge in [0.1, 0.15) is 31.4 Å². The minimum atomic E-state index is -1.21. The van der Waals surface area contributed by atoms with Gasteiger partial charge in [0.05, 0.1) is 0 Å². The molecule has 126 valence electrons. The molecule has 0 unspecified atom stereocenters. The van der Waals surface area contributed by atoms with Gasteiger partial charge in [-0.05, 0) is 33.7 Å². The smallest absolute Gasteiger partial charge is 0.144 e. The maximum absolute atomic E-state index is 5.81. The molecule has 0 fully saturated rings. The van der Waals surface area contributed by atoms with Crippen molar-refractivity contribution < 1.29 is 9.47 Å². The summed E-state index contributed by atoms with van der Waals surface area (Å²) in [6, 6.07) is 1.20. The Kier molecular flexibility index (Phi) is 9.21. The molecule has 0 spiro atoms. The van der Waals surface area contributed by atoms with Crippen molar-refractivity contribution in [2.45, 2.75) is 77.9 Å². The number of nitrogens with zero attached hydrogens (tertiary/aromatic N) is 1. The Morgan fingerprint density at radius 2 is 1.33 bits per heavy atom. The Hall–Kier alpha value is 0.531. The first-order valence-corrected chi connectivity index (χ1v) is 16.4. The van der Waals surface area contributed by atoms with Crippen molar-refractivity contribution in [1.82, 2.24) is 4.23 Å². The zero-order valence-corrected chi connectivity index (χ0v) is 18.8. The fourth-order valence-corrected chi connectivity index (χ4v) is 13.9. The summed E-state index contributed by atoms with van der Waals surface area (Å²) in [6.07, 6.45) is 1.25. The van der Waals surface area contributed by atoms with Gasteiger partial charge in [-0.15, -0.1) is 0 Å². The predicted octanol–water partition coefficient (Wildman–Crippen LogP) is 4.22. The molecule has 0 saturated heterocycles. The Labute approximate surface area is 137 Å². The summed E-state index contributed by atoms with van der Waals surface area (Å²) >= 11 is 0. The van der Waals surface area contributed by atoms with Gasteiger partial charge in [-0.3, -0.25) is 0 Å². The van der Waals surface area contributed by atoms with Crippen LogP contribution in [0.1, 0.15) is 27.2 Å². The first kappa shape index (κ1) is 21.5. The fraction of sp³-hybridized carbons (Fsp3) is 1.00. The minimum Gasteiger partial charge on any atom is -0.355 e. The summed E-state index contributed by atoms with van der Waals surface area (Å²) in [5.74, 6) is 0. The third kappa shape index (κ3) is 8.66. The molecular formula is C15H37NO2Si3. The van der Waals surface area contributed by atoms with Crippen molar-refractivity contribution in [3.05, 3.63) is 0 Å². The molecule has 0 saturated carbocycles. The molecule has 3 nitrogen and oxygen atoms in total. The van der Waals surface area contributed by atoms with Crippen LogP contribution in [0.5, 0.6) is 0 Å². The topological polar surface area (TPSA) is 21.7 Å². The van der Waals surface area contributed by atoms with Crippen molar-refractivity contribution in [1.29, 1.82) is 0 Å². The molecule has 0 aliphatic heterocycles. The largest absolute Gasteiger partial charge is 0.355 e. The molecular weight excluding hydrogens is 310 g/mol. The lowest BCUT2D eigenvalue weighted by atomic mass is 10.5. The molecule has 21 heavy (non-hydrogen) atoms. The highest BCUT2D eigenvalue weighted by Gasteiger charge is 2.34. The normalized spacial score (nSPS) is 14.0. The summed E-state index contributed by atoms with van der Waals surface area (Å²) in [5, 5.41) is 0. The highest BCUT2D eigenvalue weighted by Crippen LogP contribution is 2.21. The van der Waals surface area contributed by atoms with E-state index in [4.69, 9.17) is 9.47 Å². The summed E-state index contributed by atoms with van der Waals surface area (Å²) < 4.78 is 14.5. The number of hydrogen-bond acceptors (Lipinski definition) is 3. The average Bonchev–Trinajstić information content (AvgIpc) is 2.25. The molecule has 0 heterocycles. The maximum Gasteiger partial charge on any atom is 0.144 e. The first-order valence-electron chi connectivity index (χ1n) is 8.27. The third-order valence-corrected chi connectivity index (χ3v) is 12.7. The van der Waals surface area contributed by atoms with Crippen molar-refractivity contribution in [2.75, 3.05) is 19.8 Å². The number of rotatable bonds is 11. The van der Waals surface area contributed by atoms with Crippen LogP contribution in [0.15, 0.2) is 0 Å². The van der Waals surface area contributed by atoms with E-state index in [9.17, 15) is 0 Å². The summed E-state index contributed by atoms with van der Waals surface area (Å²) in [5.41, 5.74) is -0.368. The van der Waals surface area contributed by atoms with Crippen LogP contribution in [0.2, 0.25) is 45.3 Å². The van der Waals surface area contributed by atoms with Crippen molar-refractivity contribution in [3.8, 4) is 0 Å². The van der Waals surface area contributed by atoms with E-state index >= 15 is 0 Å². The summed E-state index contributed by atoms with van der Waals surface area (Å²) in [6.45, 7) is 23.7. The van der Waals surface area contributed by atoms with E-state index in [0.29, 0.717) is 9.52 Å². The molecule has 6 heteroatoms. The Balaban J connectivity index is 4.39. The molecule has 0 aliphatic rings. The molecule has 0 aromatic rings. The fourth-order valence-electron chi connectivity index (χ4n) is 2.92. The highest BCUT2D eigenvalue weighted by molar-refractivity contribution is 6.89. The first-order chi connectivity index (χ1) is 9.46. The standard InChI is InChI=1S/C15H37NO2Si3/c1-10-17-15(3,18-11-2)19-14-12-13-16(20(4,5)6)21(7,8)9/h10-14H2,1-9H3. The van der Waals surface area contributed by atoms with Crippen LogP contribution in [-0.2, 0) is 9.47 Å². The lowest BCUT2D eigenvalue weighted by Crippen LogP contribution is -2.59. The molecule has 0 atom stereocenters. The zero-order chi connectivity index (χ0) is 16.7. The van der Waals surface area contributed by atoms with E-state index in [-0.39, 0.29) is 5.41 Å². The van der Waals surface area contributed by atoms with Gasteiger partial charge in [-0.1, -0.05) is 45.3 Å². The van der Waals surface area contributed by atoms with Crippen LogP contribution in [0.25, 0.3) is 0 Å². The van der Waals surface area contributed by atoms with E-state index in [1.807, 2.05) is 13.8 Å². The van der Waals surface area contributed by atoms with Crippen LogP contribution in [0, 0.1) is 0 Å². The van der Waals surface area contributed by atoms with E-state index in [2.05, 4.69) is 50.4 Å². The van der Waals surface area contributed by atoms with Gasteiger partial charge in [0.2, 0.25) is 0 Å². The van der Waals surface area contributed by atoms with E-state index < -0.39 is 16.5 Å². The van der Waals surface area contributed by atoms with Crippen LogP contribution in [0.4, 0.5) is 0 Å². The lowest BCUT2D eigenvalue weighted by Gasteiger charge is -2.43. The lowest BCUT2D eigenvalue weighted by molar-refractivity contribution is -0.163. The molecule has 0 aliphatic carbocycles. The third-order valence-electron chi connectivity index (χ3n) is 3.46. The summed E-state index contributed by atoms with van der Waals surface area (Å²) in [4.78, 5) is 0.